The van der Waals surface area contributed by atoms with E-state index in [-0.39, 0.29) is 5.56 Å². The largest absolute Gasteiger partial charge is 0.478 e. The van der Waals surface area contributed by atoms with Crippen molar-refractivity contribution in [3.8, 4) is 11.1 Å². The van der Waals surface area contributed by atoms with Gasteiger partial charge in [-0.15, -0.1) is 0 Å². The number of nitrogens with one attached hydrogen (secondary N) is 1. The van der Waals surface area contributed by atoms with Crippen molar-refractivity contribution in [3.63, 3.8) is 0 Å². The molecule has 0 fully saturated rings. The Kier molecular flexibility index (Phi) is 3.10. The number of carboxylic acid groups (broad SMARTS) is 1. The van der Waals surface area contributed by atoms with Crippen LogP contribution < -0.4 is 5.32 Å². The maximum absolute atomic E-state index is 11.1. The number of carbonyl (C=O) groups is 1. The van der Waals surface area contributed by atoms with E-state index in [1.807, 2.05) is 36.4 Å². The summed E-state index contributed by atoms with van der Waals surface area (Å²) in [5.41, 5.74) is 2.83. The van der Waals surface area contributed by atoms with Gasteiger partial charge < -0.3 is 10.4 Å². The lowest BCUT2D eigenvalue weighted by molar-refractivity contribution is 0.0698. The molecule has 0 aliphatic heterocycles. The number of benzene rings is 2. The zero-order chi connectivity index (χ0) is 12.3. The highest BCUT2D eigenvalue weighted by molar-refractivity contribution is 5.99. The summed E-state index contributed by atoms with van der Waals surface area (Å²) in [6.45, 7) is 0. The van der Waals surface area contributed by atoms with Gasteiger partial charge in [0, 0.05) is 12.6 Å². The van der Waals surface area contributed by atoms with E-state index in [0.717, 1.165) is 11.1 Å². The van der Waals surface area contributed by atoms with Gasteiger partial charge in [0.2, 0.25) is 0 Å². The molecular weight excluding hydrogens is 214 g/mol. The molecule has 0 aromatic heterocycles. The monoisotopic (exact) mass is 227 g/mol. The minimum atomic E-state index is -0.924. The molecule has 3 nitrogen and oxygen atoms in total. The Morgan fingerprint density at radius 2 is 1.76 bits per heavy atom. The molecule has 0 atom stereocenters. The SMILES string of the molecule is CNc1c(C(=O)O)cccc1-c1ccccc1. The van der Waals surface area contributed by atoms with Gasteiger partial charge in [-0.25, -0.2) is 4.79 Å². The number of aromatic carboxylic acids is 1. The van der Waals surface area contributed by atoms with E-state index in [1.54, 1.807) is 19.2 Å². The first-order valence-electron chi connectivity index (χ1n) is 5.33. The quantitative estimate of drug-likeness (QED) is 0.847. The summed E-state index contributed by atoms with van der Waals surface area (Å²) < 4.78 is 0. The highest BCUT2D eigenvalue weighted by atomic mass is 16.4. The Bertz CT molecular complexity index is 535. The lowest BCUT2D eigenvalue weighted by atomic mass is 10.00. The third kappa shape index (κ3) is 2.13. The van der Waals surface area contributed by atoms with Crippen molar-refractivity contribution in [2.45, 2.75) is 0 Å². The van der Waals surface area contributed by atoms with Gasteiger partial charge in [0.25, 0.3) is 0 Å². The van der Waals surface area contributed by atoms with Gasteiger partial charge in [-0.1, -0.05) is 42.5 Å². The van der Waals surface area contributed by atoms with Crippen molar-refractivity contribution in [2.75, 3.05) is 12.4 Å². The van der Waals surface area contributed by atoms with Crippen LogP contribution in [0.2, 0.25) is 0 Å². The summed E-state index contributed by atoms with van der Waals surface area (Å²) in [6, 6.07) is 15.0. The molecule has 2 aromatic carbocycles. The van der Waals surface area contributed by atoms with Crippen LogP contribution in [0.3, 0.4) is 0 Å². The molecule has 2 aromatic rings. The van der Waals surface area contributed by atoms with Crippen LogP contribution in [0.25, 0.3) is 11.1 Å². The van der Waals surface area contributed by atoms with Gasteiger partial charge in [-0.3, -0.25) is 0 Å². The van der Waals surface area contributed by atoms with E-state index >= 15 is 0 Å². The minimum Gasteiger partial charge on any atom is -0.478 e. The first-order valence-corrected chi connectivity index (χ1v) is 5.33. The van der Waals surface area contributed by atoms with Crippen molar-refractivity contribution in [2.24, 2.45) is 0 Å². The fourth-order valence-corrected chi connectivity index (χ4v) is 1.86. The molecule has 86 valence electrons. The Morgan fingerprint density at radius 3 is 2.35 bits per heavy atom. The minimum absolute atomic E-state index is 0.286. The average Bonchev–Trinajstić information content (AvgIpc) is 2.38. The highest BCUT2D eigenvalue weighted by Crippen LogP contribution is 2.30. The molecular formula is C14H13NO2. The predicted octanol–water partition coefficient (Wildman–Crippen LogP) is 3.09. The number of para-hydroxylation sites is 1. The van der Waals surface area contributed by atoms with Crippen LogP contribution in [0, 0.1) is 0 Å². The number of anilines is 1. The lowest BCUT2D eigenvalue weighted by Crippen LogP contribution is -2.04. The van der Waals surface area contributed by atoms with E-state index in [4.69, 9.17) is 5.11 Å². The Labute approximate surface area is 99.7 Å². The second-order valence-corrected chi connectivity index (χ2v) is 3.65. The Morgan fingerprint density at radius 1 is 1.06 bits per heavy atom. The number of rotatable bonds is 3. The Balaban J connectivity index is 2.63. The third-order valence-electron chi connectivity index (χ3n) is 2.63. The predicted molar refractivity (Wildman–Crippen MR) is 68.4 cm³/mol. The van der Waals surface area contributed by atoms with E-state index in [2.05, 4.69) is 5.32 Å². The molecule has 0 spiro atoms. The van der Waals surface area contributed by atoms with Crippen LogP contribution in [-0.4, -0.2) is 18.1 Å². The van der Waals surface area contributed by atoms with Gasteiger partial charge in [-0.05, 0) is 11.6 Å². The molecule has 2 rings (SSSR count). The van der Waals surface area contributed by atoms with E-state index in [0.29, 0.717) is 5.69 Å². The van der Waals surface area contributed by atoms with Gasteiger partial charge in [0.1, 0.15) is 0 Å². The van der Waals surface area contributed by atoms with Gasteiger partial charge in [-0.2, -0.15) is 0 Å². The second-order valence-electron chi connectivity index (χ2n) is 3.65. The topological polar surface area (TPSA) is 49.3 Å². The van der Waals surface area contributed by atoms with Gasteiger partial charge >= 0.3 is 5.97 Å². The molecule has 0 radical (unpaired) electrons. The van der Waals surface area contributed by atoms with E-state index < -0.39 is 5.97 Å². The normalized spacial score (nSPS) is 9.94. The molecule has 0 amide bonds. The summed E-state index contributed by atoms with van der Waals surface area (Å²) in [4.78, 5) is 11.1. The molecule has 17 heavy (non-hydrogen) atoms. The zero-order valence-electron chi connectivity index (χ0n) is 9.47. The van der Waals surface area contributed by atoms with Gasteiger partial charge in [0.05, 0.1) is 11.3 Å². The number of hydrogen-bond donors (Lipinski definition) is 2. The Hall–Kier alpha value is -2.29. The molecule has 0 heterocycles. The lowest BCUT2D eigenvalue weighted by Gasteiger charge is -2.12. The van der Waals surface area contributed by atoms with Crippen molar-refractivity contribution in [3.05, 3.63) is 54.1 Å². The number of hydrogen-bond acceptors (Lipinski definition) is 2. The zero-order valence-corrected chi connectivity index (χ0v) is 9.47. The van der Waals surface area contributed by atoms with Crippen molar-refractivity contribution >= 4 is 11.7 Å². The summed E-state index contributed by atoms with van der Waals surface area (Å²) in [6.07, 6.45) is 0. The molecule has 0 aliphatic carbocycles. The van der Waals surface area contributed by atoms with E-state index in [9.17, 15) is 4.79 Å². The molecule has 2 N–H and O–H groups in total. The maximum atomic E-state index is 11.1. The summed E-state index contributed by atoms with van der Waals surface area (Å²) in [5, 5.41) is 12.1. The van der Waals surface area contributed by atoms with Gasteiger partial charge in [0.15, 0.2) is 0 Å². The molecule has 3 heteroatoms. The van der Waals surface area contributed by atoms with E-state index in [1.165, 1.54) is 0 Å². The molecule has 0 aliphatic rings. The first-order chi connectivity index (χ1) is 8.24. The smallest absolute Gasteiger partial charge is 0.337 e. The standard InChI is InChI=1S/C14H13NO2/c1-15-13-11(10-6-3-2-4-7-10)8-5-9-12(13)14(16)17/h2-9,15H,1H3,(H,16,17). The fraction of sp³-hybridized carbons (Fsp3) is 0.0714. The van der Waals surface area contributed by atoms with Crippen molar-refractivity contribution in [1.29, 1.82) is 0 Å². The average molecular weight is 227 g/mol. The van der Waals surface area contributed by atoms with Crippen LogP contribution in [0.5, 0.6) is 0 Å². The second kappa shape index (κ2) is 4.70. The fourth-order valence-electron chi connectivity index (χ4n) is 1.86. The molecule has 0 saturated heterocycles. The summed E-state index contributed by atoms with van der Waals surface area (Å²) in [5.74, 6) is -0.924. The van der Waals surface area contributed by atoms with Crippen molar-refractivity contribution in [1.82, 2.24) is 0 Å². The van der Waals surface area contributed by atoms with Crippen LogP contribution in [0.15, 0.2) is 48.5 Å². The molecule has 0 unspecified atom stereocenters. The highest BCUT2D eigenvalue weighted by Gasteiger charge is 2.13. The molecule has 0 bridgehead atoms. The maximum Gasteiger partial charge on any atom is 0.337 e. The third-order valence-corrected chi connectivity index (χ3v) is 2.63. The summed E-state index contributed by atoms with van der Waals surface area (Å²) >= 11 is 0. The number of carboxylic acids is 1. The van der Waals surface area contributed by atoms with Crippen LogP contribution in [0.4, 0.5) is 5.69 Å². The molecule has 0 saturated carbocycles. The van der Waals surface area contributed by atoms with Crippen molar-refractivity contribution < 1.29 is 9.90 Å². The summed E-state index contributed by atoms with van der Waals surface area (Å²) in [7, 11) is 1.73. The first kappa shape index (κ1) is 11.2. The van der Waals surface area contributed by atoms with Crippen LogP contribution in [-0.2, 0) is 0 Å². The van der Waals surface area contributed by atoms with Crippen LogP contribution in [0.1, 0.15) is 10.4 Å². The van der Waals surface area contributed by atoms with Crippen LogP contribution >= 0.6 is 0 Å².